The van der Waals surface area contributed by atoms with Gasteiger partial charge >= 0.3 is 5.97 Å². The first-order valence-electron chi connectivity index (χ1n) is 4.75. The monoisotopic (exact) mass is 268 g/mol. The average Bonchev–Trinajstić information content (AvgIpc) is 2.60. The lowest BCUT2D eigenvalue weighted by Crippen LogP contribution is -1.97. The van der Waals surface area contributed by atoms with Gasteiger partial charge < -0.3 is 10.8 Å². The minimum atomic E-state index is -1.06. The van der Waals surface area contributed by atoms with Gasteiger partial charge in [-0.3, -0.25) is 0 Å². The largest absolute Gasteiger partial charge is 0.477 e. The Morgan fingerprint density at radius 1 is 1.53 bits per heavy atom. The zero-order valence-electron chi connectivity index (χ0n) is 8.90. The summed E-state index contributed by atoms with van der Waals surface area (Å²) in [5.41, 5.74) is 7.33. The fourth-order valence-corrected chi connectivity index (χ4v) is 2.61. The number of anilines is 1. The van der Waals surface area contributed by atoms with Crippen molar-refractivity contribution in [2.24, 2.45) is 0 Å². The van der Waals surface area contributed by atoms with E-state index in [1.165, 1.54) is 0 Å². The van der Waals surface area contributed by atoms with Crippen molar-refractivity contribution in [3.05, 3.63) is 33.7 Å². The predicted molar refractivity (Wildman–Crippen MR) is 68.7 cm³/mol. The van der Waals surface area contributed by atoms with Crippen molar-refractivity contribution in [1.29, 1.82) is 0 Å². The molecule has 0 aliphatic carbocycles. The lowest BCUT2D eigenvalue weighted by molar-refractivity contribution is 0.0703. The molecule has 0 bridgehead atoms. The maximum absolute atomic E-state index is 10.9. The molecule has 0 amide bonds. The van der Waals surface area contributed by atoms with Crippen LogP contribution in [0.25, 0.3) is 10.6 Å². The zero-order chi connectivity index (χ0) is 12.6. The molecule has 0 unspecified atom stereocenters. The van der Waals surface area contributed by atoms with E-state index in [0.29, 0.717) is 10.0 Å². The van der Waals surface area contributed by atoms with E-state index in [4.69, 9.17) is 22.4 Å². The molecule has 0 atom stereocenters. The van der Waals surface area contributed by atoms with Gasteiger partial charge in [-0.15, -0.1) is 11.3 Å². The molecule has 2 aromatic rings. The zero-order valence-corrected chi connectivity index (χ0v) is 10.5. The Morgan fingerprint density at radius 3 is 2.76 bits per heavy atom. The molecule has 4 nitrogen and oxygen atoms in total. The fourth-order valence-electron chi connectivity index (χ4n) is 1.47. The molecule has 1 heterocycles. The summed E-state index contributed by atoms with van der Waals surface area (Å²) in [6.45, 7) is 1.89. The minimum absolute atomic E-state index is 0.0480. The lowest BCUT2D eigenvalue weighted by Gasteiger charge is -2.01. The number of carboxylic acids is 1. The molecule has 0 aliphatic heterocycles. The number of aryl methyl sites for hydroxylation is 1. The third kappa shape index (κ3) is 2.25. The number of nitrogen functional groups attached to an aromatic ring is 1. The van der Waals surface area contributed by atoms with Crippen LogP contribution in [-0.4, -0.2) is 16.1 Å². The second kappa shape index (κ2) is 4.35. The van der Waals surface area contributed by atoms with Gasteiger partial charge in [0.25, 0.3) is 0 Å². The van der Waals surface area contributed by atoms with Crippen molar-refractivity contribution in [2.75, 3.05) is 5.73 Å². The Morgan fingerprint density at radius 2 is 2.24 bits per heavy atom. The Kier molecular flexibility index (Phi) is 3.04. The molecular weight excluding hydrogens is 260 g/mol. The summed E-state index contributed by atoms with van der Waals surface area (Å²) in [4.78, 5) is 15.0. The number of hydrogen-bond acceptors (Lipinski definition) is 4. The van der Waals surface area contributed by atoms with Crippen LogP contribution < -0.4 is 5.73 Å². The number of hydrogen-bond donors (Lipinski definition) is 2. The van der Waals surface area contributed by atoms with Crippen LogP contribution in [-0.2, 0) is 0 Å². The summed E-state index contributed by atoms with van der Waals surface area (Å²) in [7, 11) is 0. The van der Waals surface area contributed by atoms with Crippen molar-refractivity contribution in [3.63, 3.8) is 0 Å². The number of carboxylic acid groups (broad SMARTS) is 1. The van der Waals surface area contributed by atoms with Gasteiger partial charge in [-0.2, -0.15) is 0 Å². The number of aromatic carboxylic acids is 1. The number of thiazole rings is 1. The van der Waals surface area contributed by atoms with Crippen LogP contribution in [0.1, 0.15) is 15.2 Å². The van der Waals surface area contributed by atoms with Crippen molar-refractivity contribution in [1.82, 2.24) is 4.98 Å². The topological polar surface area (TPSA) is 76.2 Å². The van der Waals surface area contributed by atoms with E-state index in [2.05, 4.69) is 4.98 Å². The highest BCUT2D eigenvalue weighted by atomic mass is 35.5. The van der Waals surface area contributed by atoms with Gasteiger partial charge in [-0.05, 0) is 24.6 Å². The van der Waals surface area contributed by atoms with Crippen LogP contribution in [0.3, 0.4) is 0 Å². The third-order valence-corrected chi connectivity index (χ3v) is 3.59. The number of carbonyl (C=O) groups is 1. The smallest absolute Gasteiger partial charge is 0.349 e. The first-order valence-corrected chi connectivity index (χ1v) is 5.94. The maximum Gasteiger partial charge on any atom is 0.349 e. The van der Waals surface area contributed by atoms with E-state index in [0.717, 1.165) is 22.5 Å². The van der Waals surface area contributed by atoms with E-state index in [9.17, 15) is 4.79 Å². The molecule has 0 aliphatic rings. The lowest BCUT2D eigenvalue weighted by atomic mass is 10.1. The summed E-state index contributed by atoms with van der Waals surface area (Å²) < 4.78 is 0. The predicted octanol–water partition coefficient (Wildman–Crippen LogP) is 3.05. The van der Waals surface area contributed by atoms with Crippen LogP contribution in [0.15, 0.2) is 18.2 Å². The van der Waals surface area contributed by atoms with Crippen LogP contribution >= 0.6 is 22.9 Å². The molecule has 3 N–H and O–H groups in total. The van der Waals surface area contributed by atoms with Crippen LogP contribution in [0, 0.1) is 6.92 Å². The van der Waals surface area contributed by atoms with Gasteiger partial charge in [0, 0.05) is 10.6 Å². The highest BCUT2D eigenvalue weighted by Crippen LogP contribution is 2.32. The standard InChI is InChI=1S/C11H9ClN2O2S/c1-5-4-6(12)2-3-7(5)10-14-9(13)8(17-10)11(15)16/h2-4H,13H2,1H3,(H,15,16). The average molecular weight is 269 g/mol. The SMILES string of the molecule is Cc1cc(Cl)ccc1-c1nc(N)c(C(=O)O)s1. The summed E-state index contributed by atoms with van der Waals surface area (Å²) in [6, 6.07) is 5.35. The molecule has 1 aromatic carbocycles. The van der Waals surface area contributed by atoms with Gasteiger partial charge in [-0.1, -0.05) is 17.7 Å². The van der Waals surface area contributed by atoms with E-state index < -0.39 is 5.97 Å². The second-order valence-electron chi connectivity index (χ2n) is 3.50. The Bertz CT molecular complexity index is 595. The summed E-state index contributed by atoms with van der Waals surface area (Å²) >= 11 is 6.92. The van der Waals surface area contributed by atoms with E-state index in [-0.39, 0.29) is 10.7 Å². The first kappa shape index (κ1) is 11.9. The number of aromatic nitrogens is 1. The maximum atomic E-state index is 10.9. The van der Waals surface area contributed by atoms with E-state index in [1.54, 1.807) is 12.1 Å². The number of halogens is 1. The van der Waals surface area contributed by atoms with Gasteiger partial charge in [0.1, 0.15) is 10.8 Å². The van der Waals surface area contributed by atoms with Crippen molar-refractivity contribution in [3.8, 4) is 10.6 Å². The van der Waals surface area contributed by atoms with Gasteiger partial charge in [0.15, 0.2) is 4.88 Å². The fraction of sp³-hybridized carbons (Fsp3) is 0.0909. The Balaban J connectivity index is 2.53. The number of rotatable bonds is 2. The number of nitrogens with two attached hydrogens (primary N) is 1. The molecule has 0 saturated heterocycles. The van der Waals surface area contributed by atoms with Gasteiger partial charge in [0.05, 0.1) is 0 Å². The van der Waals surface area contributed by atoms with Gasteiger partial charge in [0.2, 0.25) is 0 Å². The number of nitrogens with zero attached hydrogens (tertiary/aromatic N) is 1. The van der Waals surface area contributed by atoms with Crippen molar-refractivity contribution in [2.45, 2.75) is 6.92 Å². The molecule has 0 saturated carbocycles. The first-order chi connectivity index (χ1) is 7.99. The molecule has 0 radical (unpaired) electrons. The molecular formula is C11H9ClN2O2S. The second-order valence-corrected chi connectivity index (χ2v) is 4.93. The van der Waals surface area contributed by atoms with Crippen LogP contribution in [0.4, 0.5) is 5.82 Å². The molecule has 1 aromatic heterocycles. The highest BCUT2D eigenvalue weighted by molar-refractivity contribution is 7.17. The molecule has 88 valence electrons. The van der Waals surface area contributed by atoms with Crippen molar-refractivity contribution < 1.29 is 9.90 Å². The molecule has 0 fully saturated rings. The Labute approximate surface area is 107 Å². The molecule has 17 heavy (non-hydrogen) atoms. The molecule has 0 spiro atoms. The normalized spacial score (nSPS) is 10.5. The minimum Gasteiger partial charge on any atom is -0.477 e. The third-order valence-electron chi connectivity index (χ3n) is 2.27. The number of benzene rings is 1. The van der Waals surface area contributed by atoms with E-state index in [1.807, 2.05) is 13.0 Å². The summed E-state index contributed by atoms with van der Waals surface area (Å²) in [5.74, 6) is -1.01. The van der Waals surface area contributed by atoms with Crippen molar-refractivity contribution >= 4 is 34.7 Å². The van der Waals surface area contributed by atoms with E-state index >= 15 is 0 Å². The van der Waals surface area contributed by atoms with Crippen LogP contribution in [0.2, 0.25) is 5.02 Å². The molecule has 2 rings (SSSR count). The summed E-state index contributed by atoms with van der Waals surface area (Å²) in [5, 5.41) is 10.1. The summed E-state index contributed by atoms with van der Waals surface area (Å²) in [6.07, 6.45) is 0. The molecule has 6 heteroatoms. The highest BCUT2D eigenvalue weighted by Gasteiger charge is 2.16. The Hall–Kier alpha value is -1.59. The van der Waals surface area contributed by atoms with Gasteiger partial charge in [-0.25, -0.2) is 9.78 Å². The van der Waals surface area contributed by atoms with Crippen LogP contribution in [0.5, 0.6) is 0 Å². The quantitative estimate of drug-likeness (QED) is 0.878.